The van der Waals surface area contributed by atoms with Crippen molar-refractivity contribution in [2.75, 3.05) is 6.54 Å². The Morgan fingerprint density at radius 3 is 2.24 bits per heavy atom. The molecule has 0 aliphatic heterocycles. The standard InChI is InChI=1S/C32H32F4N2O3/c1-18(2)15-28(21-5-7-22(8-6-21)31(41)37-13-11-29(39)40)38-14-12-25-20(4)26(17-27(33)30(25)38)24-10-9-23(16-19(24)3)32(34,35)36/h5-10,12,14,16-18,28H,11,13,15H2,1-4H3,(H,37,41)(H,39,40). The molecule has 0 saturated carbocycles. The van der Waals surface area contributed by atoms with Gasteiger partial charge in [0, 0.05) is 23.7 Å². The number of carboxylic acids is 1. The zero-order valence-corrected chi connectivity index (χ0v) is 23.3. The lowest BCUT2D eigenvalue weighted by Gasteiger charge is -2.24. The van der Waals surface area contributed by atoms with Crippen molar-refractivity contribution >= 4 is 22.8 Å². The molecule has 0 fully saturated rings. The van der Waals surface area contributed by atoms with Crippen molar-refractivity contribution in [2.24, 2.45) is 5.92 Å². The molecular formula is C32H32F4N2O3. The average molecular weight is 569 g/mol. The fourth-order valence-corrected chi connectivity index (χ4v) is 5.23. The number of fused-ring (bicyclic) bond motifs is 1. The molecule has 0 radical (unpaired) electrons. The summed E-state index contributed by atoms with van der Waals surface area (Å²) in [5, 5.41) is 12.0. The number of alkyl halides is 3. The van der Waals surface area contributed by atoms with Crippen molar-refractivity contribution in [1.29, 1.82) is 0 Å². The highest BCUT2D eigenvalue weighted by Crippen LogP contribution is 2.39. The first kappa shape index (κ1) is 29.8. The van der Waals surface area contributed by atoms with Gasteiger partial charge in [-0.2, -0.15) is 13.2 Å². The van der Waals surface area contributed by atoms with Crippen molar-refractivity contribution in [3.05, 3.63) is 94.4 Å². The van der Waals surface area contributed by atoms with Gasteiger partial charge in [0.05, 0.1) is 23.5 Å². The van der Waals surface area contributed by atoms with Crippen LogP contribution in [0.3, 0.4) is 0 Å². The van der Waals surface area contributed by atoms with Crippen LogP contribution in [0.1, 0.15) is 65.3 Å². The number of benzene rings is 3. The highest BCUT2D eigenvalue weighted by atomic mass is 19.4. The largest absolute Gasteiger partial charge is 0.481 e. The van der Waals surface area contributed by atoms with Crippen LogP contribution in [0.2, 0.25) is 0 Å². The van der Waals surface area contributed by atoms with Gasteiger partial charge in [-0.05, 0) is 90.4 Å². The van der Waals surface area contributed by atoms with E-state index in [0.717, 1.165) is 23.3 Å². The van der Waals surface area contributed by atoms with Gasteiger partial charge in [-0.3, -0.25) is 9.59 Å². The fourth-order valence-electron chi connectivity index (χ4n) is 5.23. The maximum atomic E-state index is 15.9. The number of nitrogens with zero attached hydrogens (tertiary/aromatic N) is 1. The molecule has 0 aliphatic rings. The van der Waals surface area contributed by atoms with Gasteiger partial charge in [-0.15, -0.1) is 0 Å². The minimum Gasteiger partial charge on any atom is -0.481 e. The van der Waals surface area contributed by atoms with Gasteiger partial charge < -0.3 is 15.0 Å². The SMILES string of the molecule is Cc1cc(C(F)(F)F)ccc1-c1cc(F)c2c(ccn2C(CC(C)C)c2ccc(C(=O)NCCC(=O)O)cc2)c1C. The third kappa shape index (κ3) is 6.45. The normalized spacial score (nSPS) is 12.6. The van der Waals surface area contributed by atoms with E-state index >= 15 is 4.39 Å². The maximum absolute atomic E-state index is 15.9. The Bertz CT molecular complexity index is 1590. The maximum Gasteiger partial charge on any atom is 0.416 e. The van der Waals surface area contributed by atoms with Gasteiger partial charge >= 0.3 is 12.1 Å². The van der Waals surface area contributed by atoms with Gasteiger partial charge in [0.15, 0.2) is 0 Å². The van der Waals surface area contributed by atoms with E-state index in [2.05, 4.69) is 19.2 Å². The number of rotatable bonds is 9. The molecule has 2 N–H and O–H groups in total. The molecule has 1 aromatic heterocycles. The minimum atomic E-state index is -4.46. The number of hydrogen-bond acceptors (Lipinski definition) is 2. The van der Waals surface area contributed by atoms with E-state index in [1.807, 2.05) is 35.9 Å². The Labute approximate surface area is 235 Å². The smallest absolute Gasteiger partial charge is 0.416 e. The van der Waals surface area contributed by atoms with E-state index in [-0.39, 0.29) is 30.8 Å². The van der Waals surface area contributed by atoms with Gasteiger partial charge in [0.25, 0.3) is 5.91 Å². The Kier molecular flexibility index (Phi) is 8.56. The van der Waals surface area contributed by atoms with E-state index in [1.165, 1.54) is 12.1 Å². The minimum absolute atomic E-state index is 0.0217. The summed E-state index contributed by atoms with van der Waals surface area (Å²) in [5.74, 6) is -1.60. The molecule has 4 aromatic rings. The molecule has 5 nitrogen and oxygen atoms in total. The first-order chi connectivity index (χ1) is 19.3. The Morgan fingerprint density at radius 2 is 1.66 bits per heavy atom. The molecule has 0 saturated heterocycles. The quantitative estimate of drug-likeness (QED) is 0.202. The molecule has 4 rings (SSSR count). The van der Waals surface area contributed by atoms with E-state index in [1.54, 1.807) is 19.1 Å². The van der Waals surface area contributed by atoms with Crippen LogP contribution in [-0.2, 0) is 11.0 Å². The van der Waals surface area contributed by atoms with Crippen LogP contribution in [0, 0.1) is 25.6 Å². The van der Waals surface area contributed by atoms with Crippen molar-refractivity contribution in [2.45, 2.75) is 52.8 Å². The van der Waals surface area contributed by atoms with Crippen LogP contribution in [-0.4, -0.2) is 28.1 Å². The van der Waals surface area contributed by atoms with Crippen LogP contribution < -0.4 is 5.32 Å². The second-order valence-electron chi connectivity index (χ2n) is 10.7. The topological polar surface area (TPSA) is 71.3 Å². The summed E-state index contributed by atoms with van der Waals surface area (Å²) in [6, 6.07) is 13.4. The number of hydrogen-bond donors (Lipinski definition) is 2. The molecule has 0 spiro atoms. The molecule has 9 heteroatoms. The van der Waals surface area contributed by atoms with Crippen LogP contribution in [0.4, 0.5) is 17.6 Å². The molecule has 0 aliphatic carbocycles. The lowest BCUT2D eigenvalue weighted by atomic mass is 9.92. The summed E-state index contributed by atoms with van der Waals surface area (Å²) in [4.78, 5) is 23.1. The van der Waals surface area contributed by atoms with Gasteiger partial charge in [-0.25, -0.2) is 4.39 Å². The summed E-state index contributed by atoms with van der Waals surface area (Å²) in [6.45, 7) is 7.58. The number of aromatic nitrogens is 1. The third-order valence-corrected chi connectivity index (χ3v) is 7.28. The number of aliphatic carboxylic acids is 1. The van der Waals surface area contributed by atoms with Gasteiger partial charge in [0.1, 0.15) is 5.82 Å². The van der Waals surface area contributed by atoms with E-state index in [4.69, 9.17) is 5.11 Å². The molecule has 1 amide bonds. The van der Waals surface area contributed by atoms with Crippen LogP contribution in [0.25, 0.3) is 22.0 Å². The summed E-state index contributed by atoms with van der Waals surface area (Å²) >= 11 is 0. The highest BCUT2D eigenvalue weighted by Gasteiger charge is 2.31. The van der Waals surface area contributed by atoms with Crippen molar-refractivity contribution in [1.82, 2.24) is 9.88 Å². The predicted molar refractivity (Wildman–Crippen MR) is 150 cm³/mol. The molecule has 41 heavy (non-hydrogen) atoms. The van der Waals surface area contributed by atoms with Crippen molar-refractivity contribution in [3.8, 4) is 11.1 Å². The molecule has 3 aromatic carbocycles. The summed E-state index contributed by atoms with van der Waals surface area (Å²) < 4.78 is 57.3. The van der Waals surface area contributed by atoms with Crippen LogP contribution in [0.5, 0.6) is 0 Å². The van der Waals surface area contributed by atoms with Crippen LogP contribution in [0.15, 0.2) is 60.8 Å². The first-order valence-electron chi connectivity index (χ1n) is 13.4. The highest BCUT2D eigenvalue weighted by molar-refractivity contribution is 5.94. The number of aryl methyl sites for hydroxylation is 2. The molecule has 216 valence electrons. The fraction of sp³-hybridized carbons (Fsp3) is 0.312. The van der Waals surface area contributed by atoms with Crippen molar-refractivity contribution < 1.29 is 32.3 Å². The number of halogens is 4. The molecular weight excluding hydrogens is 536 g/mol. The van der Waals surface area contributed by atoms with Gasteiger partial charge in [-0.1, -0.05) is 32.0 Å². The number of carbonyl (C=O) groups is 2. The Morgan fingerprint density at radius 1 is 0.976 bits per heavy atom. The van der Waals surface area contributed by atoms with E-state index < -0.39 is 23.5 Å². The number of carboxylic acid groups (broad SMARTS) is 1. The zero-order chi connectivity index (χ0) is 30.1. The molecule has 0 bridgehead atoms. The van der Waals surface area contributed by atoms with Crippen LogP contribution >= 0.6 is 0 Å². The van der Waals surface area contributed by atoms with Gasteiger partial charge in [0.2, 0.25) is 0 Å². The monoisotopic (exact) mass is 568 g/mol. The number of amides is 1. The average Bonchev–Trinajstić information content (AvgIpc) is 3.35. The predicted octanol–water partition coefficient (Wildman–Crippen LogP) is 7.92. The number of nitrogens with one attached hydrogen (secondary N) is 1. The third-order valence-electron chi connectivity index (χ3n) is 7.28. The second-order valence-corrected chi connectivity index (χ2v) is 10.7. The molecule has 1 atom stereocenters. The number of carbonyl (C=O) groups excluding carboxylic acids is 1. The lowest BCUT2D eigenvalue weighted by molar-refractivity contribution is -0.138. The summed E-state index contributed by atoms with van der Waals surface area (Å²) in [5.41, 5.74) is 3.17. The zero-order valence-electron chi connectivity index (χ0n) is 23.3. The molecule has 1 unspecified atom stereocenters. The summed E-state index contributed by atoms with van der Waals surface area (Å²) in [6.07, 6.45) is -2.12. The molecule has 1 heterocycles. The lowest BCUT2D eigenvalue weighted by Crippen LogP contribution is -2.26. The van der Waals surface area contributed by atoms with E-state index in [9.17, 15) is 22.8 Å². The Hall–Kier alpha value is -4.14. The first-order valence-corrected chi connectivity index (χ1v) is 13.4. The van der Waals surface area contributed by atoms with Crippen molar-refractivity contribution in [3.63, 3.8) is 0 Å². The summed E-state index contributed by atoms with van der Waals surface area (Å²) in [7, 11) is 0. The van der Waals surface area contributed by atoms with E-state index in [0.29, 0.717) is 39.6 Å². The second kappa shape index (κ2) is 11.8. The Balaban J connectivity index is 1.72.